The Kier molecular flexibility index (Phi) is 20.2. The van der Waals surface area contributed by atoms with Gasteiger partial charge in [-0.2, -0.15) is 0 Å². The largest absolute Gasteiger partial charge is 1.00 e. The molecule has 8 aromatic rings. The Morgan fingerprint density at radius 2 is 0.825 bits per heavy atom. The average Bonchev–Trinajstić information content (AvgIpc) is 3.34. The molecule has 0 amide bonds. The van der Waals surface area contributed by atoms with Crippen LogP contribution >= 0.6 is 23.2 Å². The van der Waals surface area contributed by atoms with Crippen LogP contribution in [0.3, 0.4) is 0 Å². The summed E-state index contributed by atoms with van der Waals surface area (Å²) >= 11 is 12.8. The summed E-state index contributed by atoms with van der Waals surface area (Å²) in [4.78, 5) is 31.2. The molecular formula is C54H42Cl2F6N4Na2O10S2. The molecule has 6 aromatic carbocycles. The quantitative estimate of drug-likeness (QED) is 0.109. The molecule has 408 valence electrons. The Morgan fingerprint density at radius 1 is 0.500 bits per heavy atom. The number of carboxylic acid groups (broad SMARTS) is 2. The first-order valence-corrected chi connectivity index (χ1v) is 26.5. The predicted molar refractivity (Wildman–Crippen MR) is 278 cm³/mol. The fourth-order valence-electron chi connectivity index (χ4n) is 8.00. The third kappa shape index (κ3) is 15.1. The second-order valence-electron chi connectivity index (χ2n) is 19.2. The van der Waals surface area contributed by atoms with Gasteiger partial charge in [0.1, 0.15) is 11.5 Å². The van der Waals surface area contributed by atoms with Crippen LogP contribution in [-0.4, -0.2) is 51.5 Å². The third-order valence-electron chi connectivity index (χ3n) is 11.7. The molecule has 0 aliphatic rings. The van der Waals surface area contributed by atoms with Crippen LogP contribution in [-0.2, 0) is 30.9 Å². The molecule has 2 aromatic heterocycles. The Labute approximate surface area is 509 Å². The zero-order valence-electron chi connectivity index (χ0n) is 43.5. The second kappa shape index (κ2) is 24.8. The van der Waals surface area contributed by atoms with Gasteiger partial charge in [0.25, 0.3) is 20.0 Å². The van der Waals surface area contributed by atoms with Crippen molar-refractivity contribution in [3.63, 3.8) is 0 Å². The second-order valence-corrected chi connectivity index (χ2v) is 23.3. The normalized spacial score (nSPS) is 12.1. The zero-order chi connectivity index (χ0) is 57.5. The number of pyridine rings is 2. The van der Waals surface area contributed by atoms with E-state index >= 15 is 0 Å². The van der Waals surface area contributed by atoms with Gasteiger partial charge in [-0.1, -0.05) is 125 Å². The first-order valence-electron chi connectivity index (χ1n) is 22.8. The van der Waals surface area contributed by atoms with Crippen molar-refractivity contribution in [1.82, 2.24) is 9.97 Å². The van der Waals surface area contributed by atoms with Gasteiger partial charge in [0, 0.05) is 45.4 Å². The number of nitrogens with zero attached hydrogens (tertiary/aromatic N) is 2. The maximum Gasteiger partial charge on any atom is 1.00 e. The molecule has 0 bridgehead atoms. The monoisotopic (exact) mass is 1200 g/mol. The maximum atomic E-state index is 13.3. The number of sulfonamides is 2. The van der Waals surface area contributed by atoms with E-state index in [0.717, 1.165) is 47.5 Å². The van der Waals surface area contributed by atoms with Crippen molar-refractivity contribution >= 4 is 88.4 Å². The number of carboxylic acids is 2. The number of rotatable bonds is 12. The number of benzene rings is 6. The fraction of sp³-hybridized carbons (Fsp3) is 0.185. The summed E-state index contributed by atoms with van der Waals surface area (Å²) in [6.07, 6.45) is -7.51. The van der Waals surface area contributed by atoms with Crippen molar-refractivity contribution < 1.29 is 132 Å². The van der Waals surface area contributed by atoms with Crippen molar-refractivity contribution in [2.24, 2.45) is 0 Å². The molecule has 0 saturated heterocycles. The Bertz CT molecular complexity index is 3630. The number of aromatic carboxylic acids is 2. The van der Waals surface area contributed by atoms with E-state index in [-0.39, 0.29) is 146 Å². The molecule has 2 heterocycles. The Balaban J connectivity index is 0.000000287. The van der Waals surface area contributed by atoms with Gasteiger partial charge in [-0.3, -0.25) is 19.4 Å². The van der Waals surface area contributed by atoms with Crippen LogP contribution in [0.5, 0.6) is 11.5 Å². The van der Waals surface area contributed by atoms with Gasteiger partial charge in [-0.05, 0) is 93.7 Å². The van der Waals surface area contributed by atoms with Gasteiger partial charge in [0.2, 0.25) is 0 Å². The summed E-state index contributed by atoms with van der Waals surface area (Å²) in [5.41, 5.74) is 0.297. The molecule has 0 radical (unpaired) electrons. The van der Waals surface area contributed by atoms with E-state index in [1.807, 2.05) is 41.5 Å². The van der Waals surface area contributed by atoms with Gasteiger partial charge in [-0.25, -0.2) is 16.8 Å². The smallest absolute Gasteiger partial charge is 0.545 e. The topological polar surface area (TPSA) is 217 Å². The van der Waals surface area contributed by atoms with Crippen LogP contribution < -0.4 is 88.2 Å². The number of aromatic nitrogens is 2. The van der Waals surface area contributed by atoms with Crippen LogP contribution in [0.25, 0.3) is 44.1 Å². The van der Waals surface area contributed by atoms with E-state index in [1.54, 1.807) is 24.3 Å². The minimum Gasteiger partial charge on any atom is -0.545 e. The molecule has 80 heavy (non-hydrogen) atoms. The average molecular weight is 1200 g/mol. The number of nitrogens with one attached hydrogen (secondary N) is 2. The number of hydrogen-bond donors (Lipinski definition) is 2. The summed E-state index contributed by atoms with van der Waals surface area (Å²) in [6, 6.07) is 27.0. The molecule has 0 atom stereocenters. The van der Waals surface area contributed by atoms with Crippen LogP contribution in [0, 0.1) is 0 Å². The first-order chi connectivity index (χ1) is 36.2. The fourth-order valence-corrected chi connectivity index (χ4v) is 10.8. The van der Waals surface area contributed by atoms with Gasteiger partial charge >= 0.3 is 71.8 Å². The summed E-state index contributed by atoms with van der Waals surface area (Å²) in [7, 11) is -8.47. The summed E-state index contributed by atoms with van der Waals surface area (Å²) in [5, 5.41) is 22.5. The van der Waals surface area contributed by atoms with E-state index in [2.05, 4.69) is 28.9 Å². The number of ether oxygens (including phenoxy) is 2. The molecule has 0 aliphatic heterocycles. The molecule has 14 nitrogen and oxygen atoms in total. The SMILES string of the molecule is CC(C)(C)c1ccc(S(=O)(=O)Nc2ccc(OC(F)(F)F)c(Cl)c2-c2ccc(C(=O)[O-])c3ncccc23)cc1.CC(C)(C)c1ccc(S(=O)(=O)Nc2ccc(OC(F)(F)F)c(Cl)c2-c2ccc(C(=O)[O-])c3ncccc23)cc1.[Na+].[Na+]. The third-order valence-corrected chi connectivity index (χ3v) is 15.2. The van der Waals surface area contributed by atoms with Crippen LogP contribution in [0.15, 0.2) is 144 Å². The number of carbonyl (C=O) groups is 2. The van der Waals surface area contributed by atoms with E-state index in [0.29, 0.717) is 0 Å². The standard InChI is InChI=1S/2C27H22ClF3N2O5S.2Na/c2*1-26(2,3)15-6-8-16(9-7-15)39(36,37)33-20-12-13-21(38-27(29,30)31)23(28)22(20)17-10-11-19(25(34)35)24-18(17)5-4-14-32-24;;/h2*4-14,33H,1-3H3,(H,34,35);;/q;;2*+1/p-2. The summed E-state index contributed by atoms with van der Waals surface area (Å²) < 4.78 is 145. The minimum absolute atomic E-state index is 0. The maximum absolute atomic E-state index is 13.3. The number of halogens is 8. The van der Waals surface area contributed by atoms with E-state index in [4.69, 9.17) is 23.2 Å². The molecule has 0 saturated carbocycles. The van der Waals surface area contributed by atoms with Gasteiger partial charge < -0.3 is 29.3 Å². The molecular weight excluding hydrogens is 1160 g/mol. The number of carbonyl (C=O) groups excluding carboxylic acids is 2. The van der Waals surface area contributed by atoms with Crippen LogP contribution in [0.1, 0.15) is 73.4 Å². The van der Waals surface area contributed by atoms with Crippen LogP contribution in [0.2, 0.25) is 10.0 Å². The number of fused-ring (bicyclic) bond motifs is 2. The van der Waals surface area contributed by atoms with Gasteiger partial charge in [0.15, 0.2) is 0 Å². The van der Waals surface area contributed by atoms with Crippen molar-refractivity contribution in [3.05, 3.63) is 166 Å². The van der Waals surface area contributed by atoms with Crippen molar-refractivity contribution in [3.8, 4) is 33.8 Å². The predicted octanol–water partition coefficient (Wildman–Crippen LogP) is 5.84. The van der Waals surface area contributed by atoms with E-state index in [9.17, 15) is 63.0 Å². The first kappa shape index (κ1) is 65.2. The summed E-state index contributed by atoms with van der Waals surface area (Å²) in [6.45, 7) is 11.8. The van der Waals surface area contributed by atoms with E-state index in [1.165, 1.54) is 73.1 Å². The molecule has 2 N–H and O–H groups in total. The molecule has 8 rings (SSSR count). The zero-order valence-corrected chi connectivity index (χ0v) is 50.7. The Hall–Kier alpha value is -5.66. The molecule has 0 spiro atoms. The van der Waals surface area contributed by atoms with E-state index < -0.39 is 66.3 Å². The summed E-state index contributed by atoms with van der Waals surface area (Å²) in [5.74, 6) is -4.61. The number of hydrogen-bond acceptors (Lipinski definition) is 12. The number of alkyl halides is 6. The van der Waals surface area contributed by atoms with Crippen molar-refractivity contribution in [2.45, 2.75) is 74.9 Å². The number of anilines is 2. The Morgan fingerprint density at radius 3 is 1.11 bits per heavy atom. The van der Waals surface area contributed by atoms with Gasteiger partial charge in [-0.15, -0.1) is 26.3 Å². The minimum atomic E-state index is -5.08. The van der Waals surface area contributed by atoms with Crippen LogP contribution in [0.4, 0.5) is 37.7 Å². The molecule has 0 unspecified atom stereocenters. The molecule has 0 aliphatic carbocycles. The van der Waals surface area contributed by atoms with Crippen molar-refractivity contribution in [1.29, 1.82) is 0 Å². The van der Waals surface area contributed by atoms with Crippen molar-refractivity contribution in [2.75, 3.05) is 9.44 Å². The molecule has 0 fully saturated rings. The molecule has 26 heteroatoms. The van der Waals surface area contributed by atoms with Gasteiger partial charge in [0.05, 0.1) is 54.2 Å².